The molecule has 0 aliphatic carbocycles. The van der Waals surface area contributed by atoms with Gasteiger partial charge in [0.2, 0.25) is 0 Å². The first-order valence-electron chi connectivity index (χ1n) is 3.80. The minimum atomic E-state index is -1.89. The molecule has 1 unspecified atom stereocenters. The summed E-state index contributed by atoms with van der Waals surface area (Å²) >= 11 is 0. The Labute approximate surface area is 63.2 Å². The third kappa shape index (κ3) is 2.71. The third-order valence-corrected chi connectivity index (χ3v) is 3.44. The van der Waals surface area contributed by atoms with Gasteiger partial charge in [-0.2, -0.15) is 0 Å². The van der Waals surface area contributed by atoms with Gasteiger partial charge < -0.3 is 0 Å². The molecule has 2 nitrogen and oxygen atoms in total. The van der Waals surface area contributed by atoms with Crippen LogP contribution in [0.2, 0.25) is 0 Å². The van der Waals surface area contributed by atoms with Crippen LogP contribution in [0.25, 0.3) is 0 Å². The third-order valence-electron chi connectivity index (χ3n) is 1.77. The van der Waals surface area contributed by atoms with E-state index in [1.807, 2.05) is 0 Å². The van der Waals surface area contributed by atoms with Crippen LogP contribution < -0.4 is 4.72 Å². The summed E-state index contributed by atoms with van der Waals surface area (Å²) in [5.41, 5.74) is 0. The van der Waals surface area contributed by atoms with Crippen molar-refractivity contribution < 1.29 is 4.21 Å². The van der Waals surface area contributed by atoms with Crippen LogP contribution in [-0.2, 0) is 9.71 Å². The van der Waals surface area contributed by atoms with Crippen LogP contribution in [-0.4, -0.2) is 22.4 Å². The lowest BCUT2D eigenvalue weighted by molar-refractivity contribution is 0.616. The van der Waals surface area contributed by atoms with Crippen LogP contribution in [0.1, 0.15) is 25.7 Å². The molecule has 1 N–H and O–H groups in total. The summed E-state index contributed by atoms with van der Waals surface area (Å²) in [6.07, 6.45) is 4.69. The average molecular weight is 161 g/mol. The lowest BCUT2D eigenvalue weighted by Gasteiger charge is -2.13. The van der Waals surface area contributed by atoms with E-state index in [4.69, 9.17) is 0 Å². The molecule has 1 saturated heterocycles. The smallest absolute Gasteiger partial charge is 0.0289 e. The van der Waals surface area contributed by atoms with Gasteiger partial charge in [0, 0.05) is 22.0 Å². The summed E-state index contributed by atoms with van der Waals surface area (Å²) in [6, 6.07) is 0. The van der Waals surface area contributed by atoms with Crippen LogP contribution in [0.3, 0.4) is 0 Å². The molecule has 0 aromatic rings. The fraction of sp³-hybridized carbons (Fsp3) is 0.857. The first-order chi connectivity index (χ1) is 4.71. The molecule has 1 aliphatic heterocycles. The van der Waals surface area contributed by atoms with Gasteiger partial charge in [-0.05, 0) is 18.7 Å². The van der Waals surface area contributed by atoms with Gasteiger partial charge in [0.05, 0.1) is 0 Å². The standard InChI is InChI=1S/C7H15NOS/c1-10(9)7-5-3-2-4-6-8-10/h1-7H2,(H,8,9). The SMILES string of the molecule is C=S1(=O)CCCCCCN1. The summed E-state index contributed by atoms with van der Waals surface area (Å²) in [5.74, 6) is 4.40. The van der Waals surface area contributed by atoms with Gasteiger partial charge in [0.25, 0.3) is 0 Å². The highest BCUT2D eigenvalue weighted by molar-refractivity contribution is 7.98. The maximum absolute atomic E-state index is 11.4. The lowest BCUT2D eigenvalue weighted by Crippen LogP contribution is -2.28. The molecule has 10 heavy (non-hydrogen) atoms. The Hall–Kier alpha value is -0.0200. The second-order valence-corrected chi connectivity index (χ2v) is 5.15. The van der Waals surface area contributed by atoms with Crippen LogP contribution in [0, 0.1) is 0 Å². The first kappa shape index (κ1) is 8.08. The minimum absolute atomic E-state index is 0.757. The maximum Gasteiger partial charge on any atom is 0.0289 e. The van der Waals surface area contributed by atoms with Crippen LogP contribution >= 0.6 is 0 Å². The molecule has 0 aromatic heterocycles. The summed E-state index contributed by atoms with van der Waals surface area (Å²) in [7, 11) is -1.89. The Bertz CT molecular complexity index is 170. The summed E-state index contributed by atoms with van der Waals surface area (Å²) in [5, 5.41) is 0. The van der Waals surface area contributed by atoms with Gasteiger partial charge in [-0.25, -0.2) is 4.72 Å². The largest absolute Gasteiger partial charge is 0.253 e. The van der Waals surface area contributed by atoms with Crippen molar-refractivity contribution >= 4 is 15.6 Å². The molecule has 1 heterocycles. The molecule has 0 aromatic carbocycles. The zero-order chi connectivity index (χ0) is 7.45. The molecule has 1 atom stereocenters. The summed E-state index contributed by atoms with van der Waals surface area (Å²) < 4.78 is 14.3. The molecule has 1 fully saturated rings. The lowest BCUT2D eigenvalue weighted by atomic mass is 10.2. The molecule has 1 aliphatic rings. The molecule has 0 bridgehead atoms. The second kappa shape index (κ2) is 3.39. The first-order valence-corrected chi connectivity index (χ1v) is 5.70. The topological polar surface area (TPSA) is 29.1 Å². The van der Waals surface area contributed by atoms with Gasteiger partial charge in [0.1, 0.15) is 0 Å². The fourth-order valence-electron chi connectivity index (χ4n) is 1.14. The van der Waals surface area contributed by atoms with Crippen LogP contribution in [0.15, 0.2) is 0 Å². The van der Waals surface area contributed by atoms with Crippen molar-refractivity contribution in [2.75, 3.05) is 12.3 Å². The molecule has 0 saturated carbocycles. The number of rotatable bonds is 0. The highest BCUT2D eigenvalue weighted by Gasteiger charge is 2.05. The Morgan fingerprint density at radius 3 is 2.70 bits per heavy atom. The second-order valence-electron chi connectivity index (χ2n) is 2.82. The highest BCUT2D eigenvalue weighted by atomic mass is 32.2. The number of hydrogen-bond acceptors (Lipinski definition) is 1. The Morgan fingerprint density at radius 1 is 1.20 bits per heavy atom. The predicted molar refractivity (Wildman–Crippen MR) is 46.6 cm³/mol. The van der Waals surface area contributed by atoms with E-state index < -0.39 is 9.71 Å². The average Bonchev–Trinajstić information content (AvgIpc) is 1.81. The zero-order valence-electron chi connectivity index (χ0n) is 6.27. The Kier molecular flexibility index (Phi) is 2.74. The molecular formula is C7H15NOS. The van der Waals surface area contributed by atoms with E-state index in [1.54, 1.807) is 0 Å². The fourth-order valence-corrected chi connectivity index (χ4v) is 2.48. The van der Waals surface area contributed by atoms with E-state index in [2.05, 4.69) is 10.6 Å². The van der Waals surface area contributed by atoms with Crippen molar-refractivity contribution in [1.29, 1.82) is 0 Å². The zero-order valence-corrected chi connectivity index (χ0v) is 7.08. The molecule has 0 radical (unpaired) electrons. The molecule has 3 heteroatoms. The van der Waals surface area contributed by atoms with Gasteiger partial charge in [0.15, 0.2) is 0 Å². The molecule has 0 amide bonds. The van der Waals surface area contributed by atoms with Gasteiger partial charge in [-0.1, -0.05) is 12.8 Å². The molecular weight excluding hydrogens is 146 g/mol. The van der Waals surface area contributed by atoms with E-state index in [-0.39, 0.29) is 0 Å². The van der Waals surface area contributed by atoms with E-state index >= 15 is 0 Å². The minimum Gasteiger partial charge on any atom is -0.253 e. The normalized spacial score (nSPS) is 36.4. The predicted octanol–water partition coefficient (Wildman–Crippen LogP) is 0.781. The van der Waals surface area contributed by atoms with E-state index in [0.29, 0.717) is 0 Å². The van der Waals surface area contributed by atoms with E-state index in [9.17, 15) is 4.21 Å². The van der Waals surface area contributed by atoms with Crippen molar-refractivity contribution in [2.24, 2.45) is 0 Å². The summed E-state index contributed by atoms with van der Waals surface area (Å²) in [6.45, 7) is 0.877. The van der Waals surface area contributed by atoms with Gasteiger partial charge in [-0.15, -0.1) is 0 Å². The number of hydrogen-bond donors (Lipinski definition) is 1. The van der Waals surface area contributed by atoms with Crippen molar-refractivity contribution in [3.63, 3.8) is 0 Å². The van der Waals surface area contributed by atoms with Crippen molar-refractivity contribution in [3.05, 3.63) is 0 Å². The van der Waals surface area contributed by atoms with Gasteiger partial charge >= 0.3 is 0 Å². The van der Waals surface area contributed by atoms with E-state index in [1.165, 1.54) is 12.8 Å². The van der Waals surface area contributed by atoms with Crippen molar-refractivity contribution in [2.45, 2.75) is 25.7 Å². The van der Waals surface area contributed by atoms with Gasteiger partial charge in [-0.3, -0.25) is 4.21 Å². The Balaban J connectivity index is 2.46. The quantitative estimate of drug-likeness (QED) is 0.523. The Morgan fingerprint density at radius 2 is 1.90 bits per heavy atom. The molecule has 0 spiro atoms. The van der Waals surface area contributed by atoms with Crippen molar-refractivity contribution in [3.8, 4) is 0 Å². The molecule has 1 rings (SSSR count). The van der Waals surface area contributed by atoms with Crippen LogP contribution in [0.5, 0.6) is 0 Å². The molecule has 60 valence electrons. The highest BCUT2D eigenvalue weighted by Crippen LogP contribution is 2.04. The van der Waals surface area contributed by atoms with Crippen molar-refractivity contribution in [1.82, 2.24) is 4.72 Å². The number of nitrogens with one attached hydrogen (secondary N) is 1. The van der Waals surface area contributed by atoms with Crippen LogP contribution in [0.4, 0.5) is 0 Å². The summed E-state index contributed by atoms with van der Waals surface area (Å²) in [4.78, 5) is 0. The maximum atomic E-state index is 11.4. The monoisotopic (exact) mass is 161 g/mol. The van der Waals surface area contributed by atoms with E-state index in [0.717, 1.165) is 25.1 Å².